The van der Waals surface area contributed by atoms with Crippen molar-refractivity contribution in [2.45, 2.75) is 58.4 Å². The smallest absolute Gasteiger partial charge is 0.191 e. The van der Waals surface area contributed by atoms with E-state index in [4.69, 9.17) is 4.99 Å². The standard InChI is InChI=1S/C20H32N6S.HI/c1-16-24-25-19(26(16)2)15-23-20(22-13-11-18-10-6-14-27-18)21-12-5-9-17-7-3-4-8-17;/h6,10,14,17H,3-5,7-9,11-13,15H2,1-2H3,(H2,21,22,23);1H. The molecule has 0 radical (unpaired) electrons. The van der Waals surface area contributed by atoms with Crippen molar-refractivity contribution in [3.63, 3.8) is 0 Å². The van der Waals surface area contributed by atoms with E-state index < -0.39 is 0 Å². The van der Waals surface area contributed by atoms with Crippen LogP contribution in [-0.2, 0) is 20.0 Å². The third-order valence-corrected chi connectivity index (χ3v) is 6.30. The molecule has 28 heavy (non-hydrogen) atoms. The molecule has 6 nitrogen and oxygen atoms in total. The highest BCUT2D eigenvalue weighted by Gasteiger charge is 2.14. The summed E-state index contributed by atoms with van der Waals surface area (Å²) in [6.07, 6.45) is 9.25. The Bertz CT molecular complexity index is 706. The lowest BCUT2D eigenvalue weighted by Gasteiger charge is -2.14. The molecule has 0 aromatic carbocycles. The Morgan fingerprint density at radius 3 is 2.71 bits per heavy atom. The molecule has 0 atom stereocenters. The zero-order valence-corrected chi connectivity index (χ0v) is 20.1. The quantitative estimate of drug-likeness (QED) is 0.229. The van der Waals surface area contributed by atoms with Crippen LogP contribution < -0.4 is 10.6 Å². The van der Waals surface area contributed by atoms with Gasteiger partial charge in [-0.25, -0.2) is 4.99 Å². The van der Waals surface area contributed by atoms with Gasteiger partial charge in [0.1, 0.15) is 12.4 Å². The summed E-state index contributed by atoms with van der Waals surface area (Å²) in [4.78, 5) is 6.13. The van der Waals surface area contributed by atoms with Crippen LogP contribution in [0.5, 0.6) is 0 Å². The SMILES string of the molecule is Cc1nnc(CN=C(NCCCC2CCCC2)NCCc2cccs2)n1C.I. The molecule has 2 heterocycles. The first-order chi connectivity index (χ1) is 13.2. The second kappa shape index (κ2) is 12.4. The molecular weight excluding hydrogens is 483 g/mol. The summed E-state index contributed by atoms with van der Waals surface area (Å²) in [7, 11) is 1.99. The van der Waals surface area contributed by atoms with Crippen LogP contribution in [0.1, 0.15) is 55.1 Å². The molecule has 8 heteroatoms. The van der Waals surface area contributed by atoms with Gasteiger partial charge in [-0.15, -0.1) is 45.5 Å². The molecule has 2 aromatic rings. The fraction of sp³-hybridized carbons (Fsp3) is 0.650. The van der Waals surface area contributed by atoms with Gasteiger partial charge in [-0.05, 0) is 43.6 Å². The largest absolute Gasteiger partial charge is 0.356 e. The van der Waals surface area contributed by atoms with Crippen LogP contribution in [0, 0.1) is 12.8 Å². The molecule has 0 amide bonds. The maximum atomic E-state index is 4.73. The number of halogens is 1. The molecule has 2 N–H and O–H groups in total. The van der Waals surface area contributed by atoms with E-state index in [0.29, 0.717) is 6.54 Å². The minimum Gasteiger partial charge on any atom is -0.356 e. The Kier molecular flexibility index (Phi) is 10.3. The van der Waals surface area contributed by atoms with E-state index >= 15 is 0 Å². The molecule has 0 saturated heterocycles. The Morgan fingerprint density at radius 1 is 1.25 bits per heavy atom. The summed E-state index contributed by atoms with van der Waals surface area (Å²) >= 11 is 1.80. The highest BCUT2D eigenvalue weighted by molar-refractivity contribution is 14.0. The number of rotatable bonds is 9. The second-order valence-electron chi connectivity index (χ2n) is 7.36. The van der Waals surface area contributed by atoms with Gasteiger partial charge >= 0.3 is 0 Å². The number of hydrogen-bond acceptors (Lipinski definition) is 4. The van der Waals surface area contributed by atoms with Crippen molar-refractivity contribution in [3.8, 4) is 0 Å². The monoisotopic (exact) mass is 516 g/mol. The normalized spacial score (nSPS) is 14.9. The Hall–Kier alpha value is -1.16. The van der Waals surface area contributed by atoms with Crippen LogP contribution in [0.15, 0.2) is 22.5 Å². The van der Waals surface area contributed by atoms with Gasteiger partial charge in [0, 0.05) is 25.0 Å². The maximum absolute atomic E-state index is 4.73. The lowest BCUT2D eigenvalue weighted by atomic mass is 10.0. The van der Waals surface area contributed by atoms with Crippen molar-refractivity contribution < 1.29 is 0 Å². The number of aliphatic imine (C=N–C) groups is 1. The van der Waals surface area contributed by atoms with Crippen LogP contribution in [0.25, 0.3) is 0 Å². The maximum Gasteiger partial charge on any atom is 0.191 e. The number of aryl methyl sites for hydroxylation is 1. The summed E-state index contributed by atoms with van der Waals surface area (Å²) in [6.45, 7) is 4.35. The predicted molar refractivity (Wildman–Crippen MR) is 128 cm³/mol. The van der Waals surface area contributed by atoms with Crippen molar-refractivity contribution in [2.24, 2.45) is 18.0 Å². The fourth-order valence-electron chi connectivity index (χ4n) is 3.57. The van der Waals surface area contributed by atoms with Gasteiger partial charge < -0.3 is 15.2 Å². The Morgan fingerprint density at radius 2 is 2.04 bits per heavy atom. The van der Waals surface area contributed by atoms with Crippen LogP contribution in [0.4, 0.5) is 0 Å². The van der Waals surface area contributed by atoms with Crippen LogP contribution in [0.3, 0.4) is 0 Å². The van der Waals surface area contributed by atoms with Crippen molar-refractivity contribution in [1.82, 2.24) is 25.4 Å². The molecule has 0 bridgehead atoms. The number of aromatic nitrogens is 3. The minimum absolute atomic E-state index is 0. The van der Waals surface area contributed by atoms with E-state index in [0.717, 1.165) is 43.0 Å². The van der Waals surface area contributed by atoms with E-state index in [1.165, 1.54) is 43.4 Å². The highest BCUT2D eigenvalue weighted by atomic mass is 127. The first-order valence-corrected chi connectivity index (χ1v) is 11.0. The summed E-state index contributed by atoms with van der Waals surface area (Å²) in [5.41, 5.74) is 0. The summed E-state index contributed by atoms with van der Waals surface area (Å²) in [5.74, 6) is 3.62. The number of nitrogens with zero attached hydrogens (tertiary/aromatic N) is 4. The zero-order valence-electron chi connectivity index (χ0n) is 17.0. The topological polar surface area (TPSA) is 67.1 Å². The number of guanidine groups is 1. The van der Waals surface area contributed by atoms with Gasteiger partial charge in [0.25, 0.3) is 0 Å². The number of nitrogens with one attached hydrogen (secondary N) is 2. The van der Waals surface area contributed by atoms with E-state index in [-0.39, 0.29) is 24.0 Å². The molecule has 0 spiro atoms. The highest BCUT2D eigenvalue weighted by Crippen LogP contribution is 2.28. The Labute approximate surface area is 189 Å². The van der Waals surface area contributed by atoms with Gasteiger partial charge in [-0.1, -0.05) is 31.7 Å². The molecule has 0 aliphatic heterocycles. The second-order valence-corrected chi connectivity index (χ2v) is 8.40. The van der Waals surface area contributed by atoms with E-state index in [1.807, 2.05) is 18.5 Å². The summed E-state index contributed by atoms with van der Waals surface area (Å²) in [5, 5.41) is 17.4. The molecule has 1 saturated carbocycles. The lowest BCUT2D eigenvalue weighted by molar-refractivity contribution is 0.481. The van der Waals surface area contributed by atoms with Crippen molar-refractivity contribution in [1.29, 1.82) is 0 Å². The van der Waals surface area contributed by atoms with Crippen LogP contribution in [-0.4, -0.2) is 33.8 Å². The van der Waals surface area contributed by atoms with E-state index in [2.05, 4.69) is 38.3 Å². The van der Waals surface area contributed by atoms with E-state index in [1.54, 1.807) is 11.3 Å². The van der Waals surface area contributed by atoms with Gasteiger partial charge in [-0.3, -0.25) is 0 Å². The van der Waals surface area contributed by atoms with Gasteiger partial charge in [0.15, 0.2) is 11.8 Å². The van der Waals surface area contributed by atoms with Crippen molar-refractivity contribution >= 4 is 41.3 Å². The van der Waals surface area contributed by atoms with Crippen molar-refractivity contribution in [3.05, 3.63) is 34.0 Å². The molecule has 1 aliphatic carbocycles. The summed E-state index contributed by atoms with van der Waals surface area (Å²) < 4.78 is 1.99. The number of thiophene rings is 1. The molecule has 156 valence electrons. The molecule has 1 aliphatic rings. The van der Waals surface area contributed by atoms with Crippen LogP contribution in [0.2, 0.25) is 0 Å². The van der Waals surface area contributed by atoms with Gasteiger partial charge in [-0.2, -0.15) is 0 Å². The summed E-state index contributed by atoms with van der Waals surface area (Å²) in [6, 6.07) is 4.28. The number of hydrogen-bond donors (Lipinski definition) is 2. The van der Waals surface area contributed by atoms with Crippen molar-refractivity contribution in [2.75, 3.05) is 13.1 Å². The Balaban J connectivity index is 0.00000280. The zero-order chi connectivity index (χ0) is 18.9. The van der Waals surface area contributed by atoms with Gasteiger partial charge in [0.2, 0.25) is 0 Å². The fourth-order valence-corrected chi connectivity index (χ4v) is 4.28. The molecule has 1 fully saturated rings. The first-order valence-electron chi connectivity index (χ1n) is 10.1. The molecular formula is C20H33IN6S. The molecule has 2 aromatic heterocycles. The van der Waals surface area contributed by atoms with E-state index in [9.17, 15) is 0 Å². The molecule has 3 rings (SSSR count). The van der Waals surface area contributed by atoms with Gasteiger partial charge in [0.05, 0.1) is 0 Å². The minimum atomic E-state index is 0. The predicted octanol–water partition coefficient (Wildman–Crippen LogP) is 4.05. The third-order valence-electron chi connectivity index (χ3n) is 5.36. The first kappa shape index (κ1) is 23.1. The van der Waals surface area contributed by atoms with Crippen LogP contribution >= 0.6 is 35.3 Å². The average molecular weight is 516 g/mol. The lowest BCUT2D eigenvalue weighted by Crippen LogP contribution is -2.39. The third kappa shape index (κ3) is 7.35. The average Bonchev–Trinajstić information content (AvgIpc) is 3.42. The molecule has 0 unspecified atom stereocenters.